The van der Waals surface area contributed by atoms with Crippen LogP contribution in [0.15, 0.2) is 42.6 Å². The topological polar surface area (TPSA) is 87.5 Å². The fraction of sp³-hybridized carbons (Fsp3) is 0.464. The Balaban J connectivity index is 1.07. The summed E-state index contributed by atoms with van der Waals surface area (Å²) < 4.78 is 1.86. The molecule has 36 heavy (non-hydrogen) atoms. The average Bonchev–Trinajstić information content (AvgIpc) is 3.20. The molecule has 1 amide bonds. The van der Waals surface area contributed by atoms with Crippen LogP contribution in [0.1, 0.15) is 48.0 Å². The lowest BCUT2D eigenvalue weighted by atomic mass is 9.50. The highest BCUT2D eigenvalue weighted by Gasteiger charge is 2.55. The zero-order valence-corrected chi connectivity index (χ0v) is 20.7. The number of carboxylic acids is 1. The number of benzene rings is 2. The molecule has 2 heterocycles. The molecule has 2 N–H and O–H groups in total. The Morgan fingerprint density at radius 2 is 1.78 bits per heavy atom. The van der Waals surface area contributed by atoms with E-state index in [-0.39, 0.29) is 23.3 Å². The van der Waals surface area contributed by atoms with E-state index in [2.05, 4.69) is 39.6 Å². The van der Waals surface area contributed by atoms with E-state index in [0.717, 1.165) is 54.0 Å². The third-order valence-electron chi connectivity index (χ3n) is 9.01. The Labute approximate surface area is 214 Å². The summed E-state index contributed by atoms with van der Waals surface area (Å²) in [6, 6.07) is 12.3. The summed E-state index contributed by atoms with van der Waals surface area (Å²) in [6.07, 6.45) is 6.28. The van der Waals surface area contributed by atoms with Crippen LogP contribution in [0.25, 0.3) is 10.9 Å². The van der Waals surface area contributed by atoms with Crippen molar-refractivity contribution >= 4 is 40.1 Å². The van der Waals surface area contributed by atoms with Gasteiger partial charge >= 0.3 is 5.97 Å². The maximum absolute atomic E-state index is 13.3. The molecule has 2 aromatic carbocycles. The van der Waals surface area contributed by atoms with Gasteiger partial charge in [-0.2, -0.15) is 5.10 Å². The first-order valence-corrected chi connectivity index (χ1v) is 13.3. The van der Waals surface area contributed by atoms with Gasteiger partial charge in [-0.05, 0) is 79.2 Å². The first-order chi connectivity index (χ1) is 17.4. The number of amides is 1. The van der Waals surface area contributed by atoms with Crippen molar-refractivity contribution in [2.24, 2.45) is 23.2 Å². The summed E-state index contributed by atoms with van der Waals surface area (Å²) in [5, 5.41) is 18.3. The van der Waals surface area contributed by atoms with Crippen molar-refractivity contribution in [3.8, 4) is 0 Å². The number of carboxylic acid groups (broad SMARTS) is 1. The maximum atomic E-state index is 13.3. The Hall–Kier alpha value is -3.06. The number of piperidine rings is 1. The van der Waals surface area contributed by atoms with E-state index in [1.165, 1.54) is 25.2 Å². The van der Waals surface area contributed by atoms with Crippen molar-refractivity contribution in [2.75, 3.05) is 18.0 Å². The molecule has 1 aromatic heterocycles. The summed E-state index contributed by atoms with van der Waals surface area (Å²) in [5.74, 6) is 0.745. The number of hydrogen-bond acceptors (Lipinski definition) is 4. The number of rotatable bonds is 6. The number of fused-ring (bicyclic) bond motifs is 2. The monoisotopic (exact) mass is 504 g/mol. The predicted octanol–water partition coefficient (Wildman–Crippen LogP) is 4.57. The van der Waals surface area contributed by atoms with E-state index in [9.17, 15) is 9.59 Å². The lowest BCUT2D eigenvalue weighted by molar-refractivity contribution is -0.155. The van der Waals surface area contributed by atoms with E-state index in [1.807, 2.05) is 4.68 Å². The Bertz CT molecular complexity index is 1360. The number of anilines is 1. The summed E-state index contributed by atoms with van der Waals surface area (Å²) >= 11 is 6.47. The smallest absolute Gasteiger partial charge is 0.306 e. The number of hydrogen-bond donors (Lipinski definition) is 2. The van der Waals surface area contributed by atoms with Crippen LogP contribution >= 0.6 is 11.6 Å². The first kappa shape index (κ1) is 22.2. The molecule has 4 aliphatic rings. The zero-order chi connectivity index (χ0) is 24.6. The molecule has 1 aliphatic heterocycles. The number of carbonyl (C=O) groups is 2. The van der Waals surface area contributed by atoms with E-state index in [1.54, 1.807) is 18.3 Å². The second kappa shape index (κ2) is 7.97. The van der Waals surface area contributed by atoms with Crippen LogP contribution in [0, 0.1) is 23.2 Å². The van der Waals surface area contributed by atoms with Gasteiger partial charge in [-0.3, -0.25) is 14.3 Å². The molecule has 2 atom stereocenters. The van der Waals surface area contributed by atoms with Gasteiger partial charge < -0.3 is 15.3 Å². The molecule has 7 rings (SSSR count). The Morgan fingerprint density at radius 3 is 2.47 bits per heavy atom. The average molecular weight is 505 g/mol. The molecule has 4 fully saturated rings. The number of halogens is 1. The van der Waals surface area contributed by atoms with E-state index in [4.69, 9.17) is 16.7 Å². The van der Waals surface area contributed by atoms with Crippen LogP contribution < -0.4 is 10.2 Å². The van der Waals surface area contributed by atoms with Crippen molar-refractivity contribution in [1.82, 2.24) is 15.1 Å². The zero-order valence-electron chi connectivity index (χ0n) is 20.0. The number of nitrogens with zero attached hydrogens (tertiary/aromatic N) is 3. The minimum absolute atomic E-state index is 0.0820. The minimum Gasteiger partial charge on any atom is -0.481 e. The first-order valence-electron chi connectivity index (χ1n) is 12.9. The molecule has 0 radical (unpaired) electrons. The third kappa shape index (κ3) is 3.67. The number of aliphatic carboxylic acids is 1. The van der Waals surface area contributed by atoms with Crippen LogP contribution in [0.3, 0.4) is 0 Å². The van der Waals surface area contributed by atoms with Gasteiger partial charge in [0.05, 0.1) is 34.8 Å². The second-order valence-corrected chi connectivity index (χ2v) is 11.9. The van der Waals surface area contributed by atoms with Crippen molar-refractivity contribution in [1.29, 1.82) is 0 Å². The summed E-state index contributed by atoms with van der Waals surface area (Å²) in [4.78, 5) is 26.9. The molecular formula is C28H29ClN4O3. The molecule has 3 aromatic rings. The van der Waals surface area contributed by atoms with Crippen LogP contribution in [-0.2, 0) is 11.3 Å². The third-order valence-corrected chi connectivity index (χ3v) is 9.34. The maximum Gasteiger partial charge on any atom is 0.306 e. The highest BCUT2D eigenvalue weighted by Crippen LogP contribution is 2.58. The molecule has 3 saturated carbocycles. The van der Waals surface area contributed by atoms with Crippen molar-refractivity contribution in [3.05, 3.63) is 58.7 Å². The lowest BCUT2D eigenvalue weighted by Crippen LogP contribution is -2.57. The van der Waals surface area contributed by atoms with Gasteiger partial charge in [0.15, 0.2) is 0 Å². The highest BCUT2D eigenvalue weighted by molar-refractivity contribution is 6.36. The molecule has 0 unspecified atom stereocenters. The number of aromatic nitrogens is 2. The lowest BCUT2D eigenvalue weighted by Gasteiger charge is -2.56. The largest absolute Gasteiger partial charge is 0.481 e. The van der Waals surface area contributed by atoms with Crippen LogP contribution in [0.4, 0.5) is 5.69 Å². The molecule has 0 bridgehead atoms. The van der Waals surface area contributed by atoms with Crippen LogP contribution in [0.5, 0.6) is 0 Å². The van der Waals surface area contributed by atoms with Crippen LogP contribution in [-0.4, -0.2) is 45.9 Å². The van der Waals surface area contributed by atoms with Gasteiger partial charge in [-0.15, -0.1) is 0 Å². The molecule has 3 aliphatic carbocycles. The quantitative estimate of drug-likeness (QED) is 0.513. The molecule has 186 valence electrons. The predicted molar refractivity (Wildman–Crippen MR) is 137 cm³/mol. The summed E-state index contributed by atoms with van der Waals surface area (Å²) in [6.45, 7) is 2.90. The second-order valence-electron chi connectivity index (χ2n) is 11.5. The van der Waals surface area contributed by atoms with Crippen molar-refractivity contribution < 1.29 is 14.7 Å². The highest BCUT2D eigenvalue weighted by atomic mass is 35.5. The van der Waals surface area contributed by atoms with E-state index < -0.39 is 5.97 Å². The minimum atomic E-state index is -0.702. The van der Waals surface area contributed by atoms with Gasteiger partial charge in [-0.1, -0.05) is 23.7 Å². The molecule has 1 spiro atoms. The molecule has 1 saturated heterocycles. The van der Waals surface area contributed by atoms with Gasteiger partial charge in [0.25, 0.3) is 5.91 Å². The van der Waals surface area contributed by atoms with Gasteiger partial charge in [0.1, 0.15) is 0 Å². The fourth-order valence-electron chi connectivity index (χ4n) is 6.91. The van der Waals surface area contributed by atoms with Crippen molar-refractivity contribution in [3.63, 3.8) is 0 Å². The summed E-state index contributed by atoms with van der Waals surface area (Å²) in [5.41, 5.74) is 3.82. The van der Waals surface area contributed by atoms with Crippen molar-refractivity contribution in [2.45, 2.75) is 44.7 Å². The molecular weight excluding hydrogens is 476 g/mol. The Morgan fingerprint density at radius 1 is 1.06 bits per heavy atom. The summed E-state index contributed by atoms with van der Waals surface area (Å²) in [7, 11) is 0. The fourth-order valence-corrected chi connectivity index (χ4v) is 7.11. The number of nitrogens with one attached hydrogen (secondary N) is 1. The molecule has 8 heteroatoms. The normalized spacial score (nSPS) is 30.1. The van der Waals surface area contributed by atoms with E-state index >= 15 is 0 Å². The van der Waals surface area contributed by atoms with Crippen LogP contribution in [0.2, 0.25) is 5.02 Å². The standard InChI is InChI=1S/C28H29ClN4O3/c29-24-6-5-22(26(34)31-20-10-28(11-20)8-19(9-28)27(35)36)25-23(24)12-30-33(25)13-16-1-3-21(4-2-16)32-14-17-7-18(17)15-32/h1-6,12,17-20H,7-11,13-15H2,(H,31,34)(H,35,36)/t17-,18+,19?,20?,28?. The number of carbonyl (C=O) groups excluding carboxylic acids is 1. The Kier molecular flexibility index (Phi) is 4.91. The SMILES string of the molecule is O=C(NC1CC2(C1)CC(C(=O)O)C2)c1ccc(Cl)c2cnn(Cc3ccc(N4C[C@H]5C[C@H]5C4)cc3)c12. The van der Waals surface area contributed by atoms with Gasteiger partial charge in [-0.25, -0.2) is 0 Å². The van der Waals surface area contributed by atoms with E-state index in [0.29, 0.717) is 17.1 Å². The van der Waals surface area contributed by atoms with Gasteiger partial charge in [0, 0.05) is 30.2 Å². The van der Waals surface area contributed by atoms with Gasteiger partial charge in [0.2, 0.25) is 0 Å². The molecule has 7 nitrogen and oxygen atoms in total.